The first-order valence-electron chi connectivity index (χ1n) is 5.35. The third-order valence-electron chi connectivity index (χ3n) is 2.47. The van der Waals surface area contributed by atoms with E-state index in [9.17, 15) is 9.90 Å². The molecule has 0 aliphatic rings. The van der Waals surface area contributed by atoms with E-state index < -0.39 is 6.10 Å². The summed E-state index contributed by atoms with van der Waals surface area (Å²) in [7, 11) is 1.72. The van der Waals surface area contributed by atoms with Gasteiger partial charge in [0, 0.05) is 24.8 Å². The standard InChI is InChI=1S/C12H18N2O2/c1-4-14(3)12(16)13-11-8-6-5-7-10(11)9(2)15/h5-9,15H,4H2,1-3H3,(H,13,16). The van der Waals surface area contributed by atoms with Crippen molar-refractivity contribution in [2.75, 3.05) is 18.9 Å². The van der Waals surface area contributed by atoms with Gasteiger partial charge in [0.15, 0.2) is 0 Å². The maximum Gasteiger partial charge on any atom is 0.321 e. The van der Waals surface area contributed by atoms with E-state index >= 15 is 0 Å². The molecule has 1 aromatic rings. The van der Waals surface area contributed by atoms with E-state index in [0.29, 0.717) is 12.2 Å². The highest BCUT2D eigenvalue weighted by atomic mass is 16.3. The smallest absolute Gasteiger partial charge is 0.321 e. The van der Waals surface area contributed by atoms with Gasteiger partial charge in [0.05, 0.1) is 6.10 Å². The van der Waals surface area contributed by atoms with Gasteiger partial charge in [-0.25, -0.2) is 4.79 Å². The lowest BCUT2D eigenvalue weighted by atomic mass is 10.1. The molecule has 1 rings (SSSR count). The largest absolute Gasteiger partial charge is 0.389 e. The van der Waals surface area contributed by atoms with Crippen molar-refractivity contribution < 1.29 is 9.90 Å². The van der Waals surface area contributed by atoms with Crippen LogP contribution in [0.4, 0.5) is 10.5 Å². The number of para-hydroxylation sites is 1. The molecule has 0 fully saturated rings. The molecule has 2 amide bonds. The maximum atomic E-state index is 11.7. The Morgan fingerprint density at radius 1 is 1.50 bits per heavy atom. The Morgan fingerprint density at radius 2 is 2.12 bits per heavy atom. The molecule has 0 saturated heterocycles. The van der Waals surface area contributed by atoms with Crippen molar-refractivity contribution in [1.82, 2.24) is 4.90 Å². The highest BCUT2D eigenvalue weighted by Gasteiger charge is 2.11. The van der Waals surface area contributed by atoms with Crippen molar-refractivity contribution in [3.8, 4) is 0 Å². The molecular formula is C12H18N2O2. The first-order valence-corrected chi connectivity index (χ1v) is 5.35. The first kappa shape index (κ1) is 12.5. The van der Waals surface area contributed by atoms with Gasteiger partial charge in [-0.15, -0.1) is 0 Å². The first-order chi connectivity index (χ1) is 7.56. The molecule has 4 heteroatoms. The second-order valence-corrected chi connectivity index (χ2v) is 3.71. The fourth-order valence-electron chi connectivity index (χ4n) is 1.33. The molecule has 1 unspecified atom stereocenters. The van der Waals surface area contributed by atoms with Crippen LogP contribution in [0.3, 0.4) is 0 Å². The number of rotatable bonds is 3. The highest BCUT2D eigenvalue weighted by Crippen LogP contribution is 2.22. The van der Waals surface area contributed by atoms with Gasteiger partial charge in [0.2, 0.25) is 0 Å². The topological polar surface area (TPSA) is 52.6 Å². The number of hydrogen-bond acceptors (Lipinski definition) is 2. The van der Waals surface area contributed by atoms with Crippen molar-refractivity contribution in [2.45, 2.75) is 20.0 Å². The number of anilines is 1. The van der Waals surface area contributed by atoms with Crippen LogP contribution >= 0.6 is 0 Å². The number of benzene rings is 1. The molecule has 16 heavy (non-hydrogen) atoms. The van der Waals surface area contributed by atoms with Crippen LogP contribution in [0.25, 0.3) is 0 Å². The van der Waals surface area contributed by atoms with Gasteiger partial charge < -0.3 is 15.3 Å². The van der Waals surface area contributed by atoms with Crippen LogP contribution in [-0.2, 0) is 0 Å². The minimum absolute atomic E-state index is 0.171. The van der Waals surface area contributed by atoms with E-state index in [1.165, 1.54) is 0 Å². The second kappa shape index (κ2) is 5.51. The molecule has 0 heterocycles. The van der Waals surface area contributed by atoms with E-state index in [2.05, 4.69) is 5.32 Å². The number of carbonyl (C=O) groups excluding carboxylic acids is 1. The summed E-state index contributed by atoms with van der Waals surface area (Å²) in [5.74, 6) is 0. The van der Waals surface area contributed by atoms with E-state index in [0.717, 1.165) is 5.56 Å². The monoisotopic (exact) mass is 222 g/mol. The van der Waals surface area contributed by atoms with Gasteiger partial charge in [-0.2, -0.15) is 0 Å². The summed E-state index contributed by atoms with van der Waals surface area (Å²) in [5, 5.41) is 12.3. The van der Waals surface area contributed by atoms with Gasteiger partial charge in [0.1, 0.15) is 0 Å². The summed E-state index contributed by atoms with van der Waals surface area (Å²) in [4.78, 5) is 13.2. The predicted molar refractivity (Wildman–Crippen MR) is 64.4 cm³/mol. The van der Waals surface area contributed by atoms with Gasteiger partial charge in [0.25, 0.3) is 0 Å². The van der Waals surface area contributed by atoms with E-state index in [1.807, 2.05) is 19.1 Å². The lowest BCUT2D eigenvalue weighted by Crippen LogP contribution is -2.31. The summed E-state index contributed by atoms with van der Waals surface area (Å²) in [5.41, 5.74) is 1.38. The number of amides is 2. The average molecular weight is 222 g/mol. The second-order valence-electron chi connectivity index (χ2n) is 3.71. The Bertz CT molecular complexity index is 364. The van der Waals surface area contributed by atoms with Crippen LogP contribution in [0.5, 0.6) is 0 Å². The maximum absolute atomic E-state index is 11.7. The fraction of sp³-hybridized carbons (Fsp3) is 0.417. The Balaban J connectivity index is 2.84. The molecule has 0 spiro atoms. The molecule has 2 N–H and O–H groups in total. The van der Waals surface area contributed by atoms with Crippen LogP contribution in [0.2, 0.25) is 0 Å². The van der Waals surface area contributed by atoms with Crippen LogP contribution in [0.15, 0.2) is 24.3 Å². The third kappa shape index (κ3) is 2.97. The molecular weight excluding hydrogens is 204 g/mol. The van der Waals surface area contributed by atoms with Crippen LogP contribution in [-0.4, -0.2) is 29.6 Å². The fourth-order valence-corrected chi connectivity index (χ4v) is 1.33. The Kier molecular flexibility index (Phi) is 4.31. The molecule has 0 aliphatic carbocycles. The van der Waals surface area contributed by atoms with E-state index in [4.69, 9.17) is 0 Å². The number of hydrogen-bond donors (Lipinski definition) is 2. The number of nitrogens with zero attached hydrogens (tertiary/aromatic N) is 1. The van der Waals surface area contributed by atoms with Crippen molar-refractivity contribution in [3.63, 3.8) is 0 Å². The molecule has 0 aromatic heterocycles. The normalized spacial score (nSPS) is 12.0. The van der Waals surface area contributed by atoms with Gasteiger partial charge in [-0.1, -0.05) is 18.2 Å². The van der Waals surface area contributed by atoms with Crippen molar-refractivity contribution in [2.24, 2.45) is 0 Å². The van der Waals surface area contributed by atoms with Gasteiger partial charge >= 0.3 is 6.03 Å². The van der Waals surface area contributed by atoms with Crippen molar-refractivity contribution >= 4 is 11.7 Å². The molecule has 0 radical (unpaired) electrons. The number of aliphatic hydroxyl groups is 1. The van der Waals surface area contributed by atoms with Gasteiger partial charge in [-0.3, -0.25) is 0 Å². The van der Waals surface area contributed by atoms with E-state index in [1.54, 1.807) is 31.0 Å². The van der Waals surface area contributed by atoms with Crippen LogP contribution in [0.1, 0.15) is 25.5 Å². The number of carbonyl (C=O) groups is 1. The summed E-state index contributed by atoms with van der Waals surface area (Å²) < 4.78 is 0. The molecule has 4 nitrogen and oxygen atoms in total. The minimum Gasteiger partial charge on any atom is -0.389 e. The molecule has 0 bridgehead atoms. The lowest BCUT2D eigenvalue weighted by molar-refractivity contribution is 0.200. The predicted octanol–water partition coefficient (Wildman–Crippen LogP) is 2.22. The summed E-state index contributed by atoms with van der Waals surface area (Å²) in [6, 6.07) is 7.07. The van der Waals surface area contributed by atoms with Gasteiger partial charge in [-0.05, 0) is 19.9 Å². The zero-order valence-electron chi connectivity index (χ0n) is 9.90. The van der Waals surface area contributed by atoms with Crippen molar-refractivity contribution in [1.29, 1.82) is 0 Å². The van der Waals surface area contributed by atoms with Crippen LogP contribution in [0, 0.1) is 0 Å². The molecule has 88 valence electrons. The quantitative estimate of drug-likeness (QED) is 0.824. The zero-order chi connectivity index (χ0) is 12.1. The molecule has 0 aliphatic heterocycles. The highest BCUT2D eigenvalue weighted by molar-refractivity contribution is 5.90. The van der Waals surface area contributed by atoms with Crippen molar-refractivity contribution in [3.05, 3.63) is 29.8 Å². The Hall–Kier alpha value is -1.55. The summed E-state index contributed by atoms with van der Waals surface area (Å²) in [6.45, 7) is 4.22. The average Bonchev–Trinajstić information content (AvgIpc) is 2.28. The van der Waals surface area contributed by atoms with Crippen LogP contribution < -0.4 is 5.32 Å². The lowest BCUT2D eigenvalue weighted by Gasteiger charge is -2.18. The summed E-state index contributed by atoms with van der Waals surface area (Å²) >= 11 is 0. The molecule has 1 aromatic carbocycles. The third-order valence-corrected chi connectivity index (χ3v) is 2.47. The zero-order valence-corrected chi connectivity index (χ0v) is 9.90. The number of urea groups is 1. The number of aliphatic hydroxyl groups excluding tert-OH is 1. The molecule has 0 saturated carbocycles. The number of nitrogens with one attached hydrogen (secondary N) is 1. The molecule has 1 atom stereocenters. The summed E-state index contributed by atoms with van der Waals surface area (Å²) in [6.07, 6.45) is -0.594. The Labute approximate surface area is 95.9 Å². The SMILES string of the molecule is CCN(C)C(=O)Nc1ccccc1C(C)O. The Morgan fingerprint density at radius 3 is 2.69 bits per heavy atom. The van der Waals surface area contributed by atoms with E-state index in [-0.39, 0.29) is 6.03 Å². The minimum atomic E-state index is -0.594.